The molecule has 96 valence electrons. The molecule has 1 aliphatic heterocycles. The van der Waals surface area contributed by atoms with Crippen LogP contribution >= 0.6 is 0 Å². The third-order valence-electron chi connectivity index (χ3n) is 3.85. The number of aromatic hydroxyl groups is 1. The molecule has 1 saturated heterocycles. The van der Waals surface area contributed by atoms with Crippen LogP contribution < -0.4 is 0 Å². The average molecular weight is 245 g/mol. The van der Waals surface area contributed by atoms with Crippen LogP contribution in [0.5, 0.6) is 5.75 Å². The number of aromatic nitrogens is 2. The van der Waals surface area contributed by atoms with E-state index < -0.39 is 0 Å². The van der Waals surface area contributed by atoms with Gasteiger partial charge in [-0.15, -0.1) is 0 Å². The van der Waals surface area contributed by atoms with Gasteiger partial charge in [0, 0.05) is 12.4 Å². The van der Waals surface area contributed by atoms with E-state index in [0.29, 0.717) is 5.65 Å². The number of piperidine rings is 1. The number of nitrogens with zero attached hydrogens (tertiary/aromatic N) is 3. The number of likely N-dealkylation sites (tertiary alicyclic amines) is 1. The fourth-order valence-electron chi connectivity index (χ4n) is 2.71. The summed E-state index contributed by atoms with van der Waals surface area (Å²) in [4.78, 5) is 6.91. The number of imidazole rings is 1. The van der Waals surface area contributed by atoms with E-state index in [1.165, 1.54) is 25.9 Å². The number of rotatable bonds is 2. The molecule has 0 amide bonds. The van der Waals surface area contributed by atoms with E-state index in [1.54, 1.807) is 6.07 Å². The van der Waals surface area contributed by atoms with E-state index in [1.807, 2.05) is 22.9 Å². The van der Waals surface area contributed by atoms with Gasteiger partial charge in [0.05, 0.1) is 5.69 Å². The van der Waals surface area contributed by atoms with Crippen LogP contribution in [0.15, 0.2) is 24.5 Å². The van der Waals surface area contributed by atoms with E-state index in [4.69, 9.17) is 0 Å². The van der Waals surface area contributed by atoms with Gasteiger partial charge in [-0.25, -0.2) is 4.98 Å². The summed E-state index contributed by atoms with van der Waals surface area (Å²) in [6.45, 7) is 2.37. The van der Waals surface area contributed by atoms with Crippen molar-refractivity contribution in [1.82, 2.24) is 14.3 Å². The summed E-state index contributed by atoms with van der Waals surface area (Å²) >= 11 is 0. The Balaban J connectivity index is 1.77. The quantitative estimate of drug-likeness (QED) is 0.879. The van der Waals surface area contributed by atoms with Crippen molar-refractivity contribution in [2.75, 3.05) is 20.1 Å². The summed E-state index contributed by atoms with van der Waals surface area (Å²) in [5.74, 6) is 0.986. The number of pyridine rings is 1. The van der Waals surface area contributed by atoms with Gasteiger partial charge >= 0.3 is 0 Å². The highest BCUT2D eigenvalue weighted by Crippen LogP contribution is 2.22. The van der Waals surface area contributed by atoms with Crippen molar-refractivity contribution in [2.45, 2.75) is 19.3 Å². The second-order valence-corrected chi connectivity index (χ2v) is 5.31. The fourth-order valence-corrected chi connectivity index (χ4v) is 2.71. The second-order valence-electron chi connectivity index (χ2n) is 5.31. The maximum absolute atomic E-state index is 9.74. The smallest absolute Gasteiger partial charge is 0.179 e. The van der Waals surface area contributed by atoms with E-state index >= 15 is 0 Å². The minimum absolute atomic E-state index is 0.257. The minimum Gasteiger partial charge on any atom is -0.504 e. The Labute approximate surface area is 107 Å². The third kappa shape index (κ3) is 2.20. The standard InChI is InChI=1S/C14H19N3O/c1-16-7-4-11(5-8-16)9-12-10-17-6-2-3-13(18)14(17)15-12/h2-3,6,10-11,18H,4-5,7-9H2,1H3. The van der Waals surface area contributed by atoms with Gasteiger partial charge in [-0.1, -0.05) is 0 Å². The first kappa shape index (κ1) is 11.5. The molecule has 4 heteroatoms. The molecular formula is C14H19N3O. The molecule has 1 N–H and O–H groups in total. The Hall–Kier alpha value is -1.55. The first-order chi connectivity index (χ1) is 8.72. The van der Waals surface area contributed by atoms with Gasteiger partial charge in [0.15, 0.2) is 11.4 Å². The van der Waals surface area contributed by atoms with Crippen molar-refractivity contribution in [3.63, 3.8) is 0 Å². The molecule has 0 radical (unpaired) electrons. The van der Waals surface area contributed by atoms with Crippen LogP contribution in [0, 0.1) is 5.92 Å². The van der Waals surface area contributed by atoms with E-state index in [-0.39, 0.29) is 5.75 Å². The van der Waals surface area contributed by atoms with Crippen LogP contribution in [-0.4, -0.2) is 39.5 Å². The van der Waals surface area contributed by atoms with Crippen molar-refractivity contribution in [1.29, 1.82) is 0 Å². The van der Waals surface area contributed by atoms with Gasteiger partial charge in [-0.3, -0.25) is 0 Å². The van der Waals surface area contributed by atoms with Crippen molar-refractivity contribution < 1.29 is 5.11 Å². The van der Waals surface area contributed by atoms with E-state index in [0.717, 1.165) is 18.0 Å². The van der Waals surface area contributed by atoms with Gasteiger partial charge in [-0.05, 0) is 57.5 Å². The maximum atomic E-state index is 9.74. The molecule has 0 spiro atoms. The Morgan fingerprint density at radius 2 is 2.17 bits per heavy atom. The second kappa shape index (κ2) is 4.61. The van der Waals surface area contributed by atoms with Crippen LogP contribution in [0.1, 0.15) is 18.5 Å². The zero-order valence-electron chi connectivity index (χ0n) is 10.7. The molecule has 0 bridgehead atoms. The summed E-state index contributed by atoms with van der Waals surface area (Å²) < 4.78 is 1.90. The highest BCUT2D eigenvalue weighted by molar-refractivity contribution is 5.53. The van der Waals surface area contributed by atoms with Gasteiger partial charge < -0.3 is 14.4 Å². The fraction of sp³-hybridized carbons (Fsp3) is 0.500. The molecule has 2 aromatic rings. The predicted molar refractivity (Wildman–Crippen MR) is 70.8 cm³/mol. The zero-order chi connectivity index (χ0) is 12.5. The van der Waals surface area contributed by atoms with Crippen molar-refractivity contribution in [3.8, 4) is 5.75 Å². The van der Waals surface area contributed by atoms with Crippen molar-refractivity contribution in [2.24, 2.45) is 5.92 Å². The largest absolute Gasteiger partial charge is 0.504 e. The zero-order valence-corrected chi connectivity index (χ0v) is 10.7. The Bertz CT molecular complexity index is 541. The lowest BCUT2D eigenvalue weighted by Gasteiger charge is -2.28. The van der Waals surface area contributed by atoms with Crippen molar-refractivity contribution in [3.05, 3.63) is 30.2 Å². The minimum atomic E-state index is 0.257. The lowest BCUT2D eigenvalue weighted by Crippen LogP contribution is -2.30. The molecule has 4 nitrogen and oxygen atoms in total. The number of hydrogen-bond donors (Lipinski definition) is 1. The summed E-state index contributed by atoms with van der Waals surface area (Å²) in [7, 11) is 2.18. The highest BCUT2D eigenvalue weighted by atomic mass is 16.3. The molecule has 0 aromatic carbocycles. The molecule has 1 fully saturated rings. The molecular weight excluding hydrogens is 226 g/mol. The monoisotopic (exact) mass is 245 g/mol. The lowest BCUT2D eigenvalue weighted by molar-refractivity contribution is 0.218. The molecule has 0 saturated carbocycles. The van der Waals surface area contributed by atoms with Gasteiger partial charge in [0.1, 0.15) is 0 Å². The maximum Gasteiger partial charge on any atom is 0.179 e. The van der Waals surface area contributed by atoms with Gasteiger partial charge in [0.25, 0.3) is 0 Å². The number of hydrogen-bond acceptors (Lipinski definition) is 3. The van der Waals surface area contributed by atoms with Crippen LogP contribution in [0.3, 0.4) is 0 Å². The predicted octanol–water partition coefficient (Wildman–Crippen LogP) is 1.92. The van der Waals surface area contributed by atoms with Gasteiger partial charge in [-0.2, -0.15) is 0 Å². The van der Waals surface area contributed by atoms with Crippen LogP contribution in [-0.2, 0) is 6.42 Å². The Morgan fingerprint density at radius 1 is 1.39 bits per heavy atom. The summed E-state index contributed by atoms with van der Waals surface area (Å²) in [6, 6.07) is 3.52. The van der Waals surface area contributed by atoms with Crippen LogP contribution in [0.25, 0.3) is 5.65 Å². The molecule has 0 aliphatic carbocycles. The van der Waals surface area contributed by atoms with Crippen LogP contribution in [0.4, 0.5) is 0 Å². The lowest BCUT2D eigenvalue weighted by atomic mass is 9.93. The normalized spacial score (nSPS) is 18.5. The first-order valence-corrected chi connectivity index (χ1v) is 6.56. The average Bonchev–Trinajstić information content (AvgIpc) is 2.76. The van der Waals surface area contributed by atoms with Gasteiger partial charge in [0.2, 0.25) is 0 Å². The number of fused-ring (bicyclic) bond motifs is 1. The Morgan fingerprint density at radius 3 is 2.89 bits per heavy atom. The van der Waals surface area contributed by atoms with Crippen LogP contribution in [0.2, 0.25) is 0 Å². The summed E-state index contributed by atoms with van der Waals surface area (Å²) in [5, 5.41) is 9.74. The molecule has 3 rings (SSSR count). The molecule has 18 heavy (non-hydrogen) atoms. The molecule has 0 unspecified atom stereocenters. The summed E-state index contributed by atoms with van der Waals surface area (Å²) in [6.07, 6.45) is 7.48. The first-order valence-electron chi connectivity index (χ1n) is 6.56. The molecule has 1 aliphatic rings. The molecule has 2 aromatic heterocycles. The van der Waals surface area contributed by atoms with E-state index in [2.05, 4.69) is 16.9 Å². The topological polar surface area (TPSA) is 40.8 Å². The molecule has 0 atom stereocenters. The van der Waals surface area contributed by atoms with E-state index in [9.17, 15) is 5.11 Å². The summed E-state index contributed by atoms with van der Waals surface area (Å²) in [5.41, 5.74) is 1.76. The molecule has 3 heterocycles. The SMILES string of the molecule is CN1CCC(Cc2cn3cccc(O)c3n2)CC1. The van der Waals surface area contributed by atoms with Crippen molar-refractivity contribution >= 4 is 5.65 Å². The highest BCUT2D eigenvalue weighted by Gasteiger charge is 2.18. The Kier molecular flexibility index (Phi) is 2.96. The third-order valence-corrected chi connectivity index (χ3v) is 3.85.